The SMILES string of the molecule is CC(N)C[NH-].[Sg]. The third-order valence-electron chi connectivity index (χ3n) is 0.322. The van der Waals surface area contributed by atoms with Crippen molar-refractivity contribution in [3.05, 3.63) is 5.73 Å². The second-order valence-electron chi connectivity index (χ2n) is 1.18. The molecule has 34 valence electrons. The van der Waals surface area contributed by atoms with Crippen LogP contribution in [0.15, 0.2) is 0 Å². The average Bonchev–Trinajstić information content (AvgIpc) is 1.38. The van der Waals surface area contributed by atoms with Crippen LogP contribution < -0.4 is 5.73 Å². The van der Waals surface area contributed by atoms with E-state index in [0.717, 1.165) is 0 Å². The fourth-order valence-corrected chi connectivity index (χ4v) is 0. The standard InChI is InChI=1S/C3H9N2.Sg/c1-3(5)2-4;/h3-4H,2,5H2,1H3;/q-1;. The second-order valence-corrected chi connectivity index (χ2v) is 1.18. The first-order valence-corrected chi connectivity index (χ1v) is 1.67. The first-order chi connectivity index (χ1) is 2.27. The molecule has 2 nitrogen and oxygen atoms in total. The van der Waals surface area contributed by atoms with Gasteiger partial charge in [-0.1, -0.05) is 6.92 Å². The van der Waals surface area contributed by atoms with Gasteiger partial charge in [-0.05, 0) is 6.04 Å². The Morgan fingerprint density at radius 2 is 2.00 bits per heavy atom. The van der Waals surface area contributed by atoms with E-state index in [0.29, 0.717) is 6.54 Å². The van der Waals surface area contributed by atoms with Crippen LogP contribution in [0.1, 0.15) is 6.92 Å². The summed E-state index contributed by atoms with van der Waals surface area (Å²) >= 11 is 0. The summed E-state index contributed by atoms with van der Waals surface area (Å²) in [7, 11) is 0. The maximum atomic E-state index is 6.53. The van der Waals surface area contributed by atoms with E-state index in [2.05, 4.69) is 0 Å². The largest absolute Gasteiger partial charge is 0.676 e. The molecule has 0 aliphatic carbocycles. The summed E-state index contributed by atoms with van der Waals surface area (Å²) in [5.41, 5.74) is 11.6. The topological polar surface area (TPSA) is 49.8 Å². The Kier molecular flexibility index (Phi) is 5.79. The first-order valence-electron chi connectivity index (χ1n) is 1.67. The zero-order chi connectivity index (χ0) is 4.28. The van der Waals surface area contributed by atoms with Crippen molar-refractivity contribution in [2.75, 3.05) is 6.54 Å². The number of rotatable bonds is 1. The van der Waals surface area contributed by atoms with Crippen molar-refractivity contribution in [3.8, 4) is 0 Å². The summed E-state index contributed by atoms with van der Waals surface area (Å²) in [6.07, 6.45) is 0. The average molecular weight is 342 g/mol. The number of nitrogens with one attached hydrogen (secondary N) is 1. The molecule has 3 heteroatoms. The van der Waals surface area contributed by atoms with E-state index in [1.165, 1.54) is 0 Å². The minimum absolute atomic E-state index is 0. The maximum Gasteiger partial charge on any atom is 0 e. The van der Waals surface area contributed by atoms with E-state index in [1.807, 2.05) is 6.92 Å². The molecule has 0 radical (unpaired) electrons. The van der Waals surface area contributed by atoms with Crippen LogP contribution in [0, 0.1) is 0 Å². The maximum absolute atomic E-state index is 6.53. The molecule has 0 saturated carbocycles. The van der Waals surface area contributed by atoms with Crippen molar-refractivity contribution in [3.63, 3.8) is 0 Å². The summed E-state index contributed by atoms with van der Waals surface area (Å²) in [6, 6.07) is 0.0509. The van der Waals surface area contributed by atoms with Crippen molar-refractivity contribution >= 4 is 0 Å². The fourth-order valence-electron chi connectivity index (χ4n) is 0. The van der Waals surface area contributed by atoms with Gasteiger partial charge in [-0.3, -0.25) is 0 Å². The molecule has 0 saturated heterocycles. The van der Waals surface area contributed by atoms with Crippen molar-refractivity contribution in [2.24, 2.45) is 5.73 Å². The van der Waals surface area contributed by atoms with Crippen molar-refractivity contribution in [1.82, 2.24) is 0 Å². The number of hydrogen-bond donors (Lipinski definition) is 1. The zero-order valence-electron chi connectivity index (χ0n) is 4.07. The summed E-state index contributed by atoms with van der Waals surface area (Å²) < 4.78 is 0. The Morgan fingerprint density at radius 3 is 2.00 bits per heavy atom. The Labute approximate surface area is 32.1 Å². The van der Waals surface area contributed by atoms with Crippen molar-refractivity contribution in [2.45, 2.75) is 13.0 Å². The molecule has 0 bridgehead atoms. The molecule has 1 unspecified atom stereocenters. The van der Waals surface area contributed by atoms with Gasteiger partial charge in [0.15, 0.2) is 0 Å². The Morgan fingerprint density at radius 1 is 1.83 bits per heavy atom. The van der Waals surface area contributed by atoms with Crippen LogP contribution in [-0.2, 0) is 0 Å². The molecule has 0 aliphatic heterocycles. The predicted octanol–water partition coefficient (Wildman–Crippen LogP) is 0.386. The molecule has 0 heterocycles. The van der Waals surface area contributed by atoms with Gasteiger partial charge in [0.2, 0.25) is 0 Å². The molecule has 0 aliphatic rings. The summed E-state index contributed by atoms with van der Waals surface area (Å²) in [5, 5.41) is 0. The van der Waals surface area contributed by atoms with Gasteiger partial charge in [0, 0.05) is 0 Å². The third-order valence-corrected chi connectivity index (χ3v) is 0.322. The van der Waals surface area contributed by atoms with E-state index in [4.69, 9.17) is 11.5 Å². The molecule has 0 aromatic rings. The Balaban J connectivity index is 0. The Hall–Kier alpha value is -1.08. The van der Waals surface area contributed by atoms with Gasteiger partial charge in [-0.2, -0.15) is 0 Å². The smallest absolute Gasteiger partial charge is 0 e. The van der Waals surface area contributed by atoms with E-state index < -0.39 is 0 Å². The molecule has 3 N–H and O–H groups in total. The number of hydrogen-bond acceptors (Lipinski definition) is 1. The van der Waals surface area contributed by atoms with Gasteiger partial charge >= 0.3 is 0 Å². The summed E-state index contributed by atoms with van der Waals surface area (Å²) in [4.78, 5) is 0. The fraction of sp³-hybridized carbons (Fsp3) is 1.00. The van der Waals surface area contributed by atoms with Crippen LogP contribution >= 0.6 is 0 Å². The molecule has 1 atom stereocenters. The first kappa shape index (κ1) is 8.87. The van der Waals surface area contributed by atoms with E-state index in [9.17, 15) is 0 Å². The quantitative estimate of drug-likeness (QED) is 0.736. The molecule has 0 spiro atoms. The van der Waals surface area contributed by atoms with Crippen LogP contribution in [-0.4, -0.2) is 12.6 Å². The van der Waals surface area contributed by atoms with Crippen LogP contribution in [0.2, 0.25) is 0 Å². The molecule has 0 aromatic carbocycles. The van der Waals surface area contributed by atoms with Gasteiger partial charge in [0.25, 0.3) is 0 Å². The van der Waals surface area contributed by atoms with Crippen LogP contribution in [0.4, 0.5) is 0 Å². The molecular weight excluding hydrogens is 333 g/mol. The molecule has 0 aromatic heterocycles. The molecule has 0 fully saturated rings. The van der Waals surface area contributed by atoms with Gasteiger partial charge < -0.3 is 11.5 Å². The van der Waals surface area contributed by atoms with E-state index >= 15 is 0 Å². The zero-order valence-corrected chi connectivity index (χ0v) is 10.5. The predicted molar refractivity (Wildman–Crippen MR) is 22.8 cm³/mol. The van der Waals surface area contributed by atoms with Gasteiger partial charge in [0.1, 0.15) is 0 Å². The van der Waals surface area contributed by atoms with E-state index in [-0.39, 0.29) is 6.04 Å². The minimum atomic E-state index is 0. The van der Waals surface area contributed by atoms with Gasteiger partial charge in [-0.15, -0.1) is 6.54 Å². The van der Waals surface area contributed by atoms with E-state index in [1.54, 1.807) is 0 Å². The van der Waals surface area contributed by atoms with Crippen molar-refractivity contribution in [1.29, 1.82) is 0 Å². The van der Waals surface area contributed by atoms with Crippen LogP contribution in [0.5, 0.6) is 0 Å². The Bertz CT molecular complexity index is 22.8. The van der Waals surface area contributed by atoms with Gasteiger partial charge in [0.05, 0.1) is 0 Å². The third kappa shape index (κ3) is 12.7. The number of nitrogens with two attached hydrogens (primary N) is 1. The summed E-state index contributed by atoms with van der Waals surface area (Å²) in [5.74, 6) is 0. The molecule has 0 rings (SSSR count). The van der Waals surface area contributed by atoms with Gasteiger partial charge in [-0.25, -0.2) is 0 Å². The molecular formula is C3H9N2Sg-. The monoisotopic (exact) mass is 344 g/mol. The molecule has 6 heavy (non-hydrogen) atoms. The van der Waals surface area contributed by atoms with Crippen LogP contribution in [0.3, 0.4) is 0 Å². The molecule has 0 amide bonds. The summed E-state index contributed by atoms with van der Waals surface area (Å²) in [6.45, 7) is 2.15. The van der Waals surface area contributed by atoms with Crippen molar-refractivity contribution < 1.29 is 0 Å². The normalized spacial score (nSPS) is 12.5. The second kappa shape index (κ2) is 3.92. The van der Waals surface area contributed by atoms with Crippen LogP contribution in [0.25, 0.3) is 5.73 Å². The minimum Gasteiger partial charge on any atom is -0.676 e.